The van der Waals surface area contributed by atoms with Crippen molar-refractivity contribution in [3.8, 4) is 11.3 Å². The van der Waals surface area contributed by atoms with Gasteiger partial charge < -0.3 is 10.4 Å². The molecule has 0 bridgehead atoms. The van der Waals surface area contributed by atoms with E-state index in [0.29, 0.717) is 17.1 Å². The number of hydrogen-bond acceptors (Lipinski definition) is 5. The minimum absolute atomic E-state index is 0.218. The average molecular weight is 464 g/mol. The van der Waals surface area contributed by atoms with E-state index in [2.05, 4.69) is 21.4 Å². The smallest absolute Gasteiger partial charge is 0.386 e. The molecule has 31 heavy (non-hydrogen) atoms. The molecule has 2 N–H and O–H groups in total. The largest absolute Gasteiger partial charge is 0.417 e. The number of anilines is 1. The zero-order valence-electron chi connectivity index (χ0n) is 16.2. The van der Waals surface area contributed by atoms with Gasteiger partial charge in [0.05, 0.1) is 16.3 Å². The molecule has 2 aromatic heterocycles. The lowest BCUT2D eigenvalue weighted by atomic mass is 10.1. The number of rotatable bonds is 5. The van der Waals surface area contributed by atoms with Crippen molar-refractivity contribution in [1.29, 1.82) is 0 Å². The number of aryl methyl sites for hydroxylation is 1. The maximum Gasteiger partial charge on any atom is 0.417 e. The van der Waals surface area contributed by atoms with E-state index in [1.165, 1.54) is 29.8 Å². The van der Waals surface area contributed by atoms with Crippen LogP contribution in [0.25, 0.3) is 21.3 Å². The number of nitrogens with one attached hydrogen (secondary N) is 1. The van der Waals surface area contributed by atoms with E-state index < -0.39 is 22.9 Å². The lowest BCUT2D eigenvalue weighted by molar-refractivity contribution is -0.137. The Morgan fingerprint density at radius 3 is 2.65 bits per heavy atom. The van der Waals surface area contributed by atoms with Crippen LogP contribution in [0, 0.1) is 6.92 Å². The highest BCUT2D eigenvalue weighted by Gasteiger charge is 2.33. The zero-order chi connectivity index (χ0) is 22.2. The number of hydrogen-bond donors (Lipinski definition) is 2. The summed E-state index contributed by atoms with van der Waals surface area (Å²) in [5.41, 5.74) is 1.11. The fraction of sp³-hybridized carbons (Fsp3) is 0.182. The van der Waals surface area contributed by atoms with Crippen molar-refractivity contribution in [2.45, 2.75) is 19.2 Å². The van der Waals surface area contributed by atoms with Gasteiger partial charge in [-0.05, 0) is 36.6 Å². The molecule has 0 aliphatic carbocycles. The predicted molar refractivity (Wildman–Crippen MR) is 117 cm³/mol. The summed E-state index contributed by atoms with van der Waals surface area (Å²) in [6, 6.07) is 13.2. The van der Waals surface area contributed by atoms with Gasteiger partial charge in [0.2, 0.25) is 0 Å². The number of thiophene rings is 1. The third-order valence-corrected chi connectivity index (χ3v) is 6.26. The van der Waals surface area contributed by atoms with Crippen LogP contribution < -0.4 is 5.32 Å². The molecule has 2 aromatic carbocycles. The Labute approximate surface area is 185 Å². The molecule has 2 heterocycles. The van der Waals surface area contributed by atoms with E-state index in [1.807, 2.05) is 25.1 Å². The first-order valence-electron chi connectivity index (χ1n) is 9.32. The number of fused-ring (bicyclic) bond motifs is 1. The van der Waals surface area contributed by atoms with Crippen LogP contribution in [-0.2, 0) is 6.18 Å². The minimum atomic E-state index is -4.52. The van der Waals surface area contributed by atoms with E-state index in [4.69, 9.17) is 11.6 Å². The van der Waals surface area contributed by atoms with Gasteiger partial charge in [0.15, 0.2) is 0 Å². The molecule has 4 nitrogen and oxygen atoms in total. The van der Waals surface area contributed by atoms with Gasteiger partial charge in [0.25, 0.3) is 0 Å². The molecule has 4 aromatic rings. The summed E-state index contributed by atoms with van der Waals surface area (Å²) in [5.74, 6) is 0.442. The summed E-state index contributed by atoms with van der Waals surface area (Å²) >= 11 is 7.33. The van der Waals surface area contributed by atoms with Crippen LogP contribution in [0.15, 0.2) is 54.9 Å². The molecular formula is C22H17ClF3N3OS. The minimum Gasteiger partial charge on any atom is -0.386 e. The first-order valence-corrected chi connectivity index (χ1v) is 10.5. The number of aliphatic hydroxyl groups is 1. The fourth-order valence-corrected chi connectivity index (χ4v) is 4.48. The Bertz CT molecular complexity index is 1240. The fourth-order valence-electron chi connectivity index (χ4n) is 3.17. The molecule has 0 fully saturated rings. The molecular weight excluding hydrogens is 447 g/mol. The predicted octanol–water partition coefficient (Wildman–Crippen LogP) is 6.48. The van der Waals surface area contributed by atoms with E-state index in [9.17, 15) is 18.3 Å². The van der Waals surface area contributed by atoms with Crippen molar-refractivity contribution >= 4 is 38.8 Å². The summed E-state index contributed by atoms with van der Waals surface area (Å²) < 4.78 is 39.8. The van der Waals surface area contributed by atoms with Crippen molar-refractivity contribution in [2.24, 2.45) is 0 Å². The molecule has 0 aliphatic heterocycles. The van der Waals surface area contributed by atoms with Crippen LogP contribution in [-0.4, -0.2) is 21.6 Å². The third-order valence-electron chi connectivity index (χ3n) is 4.73. The Kier molecular flexibility index (Phi) is 5.88. The van der Waals surface area contributed by atoms with E-state index in [-0.39, 0.29) is 6.54 Å². The van der Waals surface area contributed by atoms with Crippen LogP contribution >= 0.6 is 22.9 Å². The molecule has 0 spiro atoms. The van der Waals surface area contributed by atoms with Crippen molar-refractivity contribution < 1.29 is 18.3 Å². The number of aliphatic hydroxyl groups excluding tert-OH is 1. The lowest BCUT2D eigenvalue weighted by Crippen LogP contribution is -2.12. The normalized spacial score (nSPS) is 12.8. The van der Waals surface area contributed by atoms with Gasteiger partial charge in [0.1, 0.15) is 18.2 Å². The molecule has 160 valence electrons. The molecule has 0 amide bonds. The number of benzene rings is 2. The second-order valence-corrected chi connectivity index (χ2v) is 8.59. The average Bonchev–Trinajstić information content (AvgIpc) is 3.14. The topological polar surface area (TPSA) is 58.0 Å². The standard InChI is InChI=1S/C22H17ClF3N3OS/c1-12-2-5-19-14(6-12)8-20(31-19)18(30)10-27-21-9-17(28-11-29-21)13-3-4-15(16(23)7-13)22(24,25)26/h2-9,11,18,30H,10H2,1H3,(H,27,28,29). The maximum atomic E-state index is 12.9. The molecule has 0 saturated carbocycles. The molecule has 1 atom stereocenters. The van der Waals surface area contributed by atoms with Crippen molar-refractivity contribution in [3.05, 3.63) is 75.9 Å². The van der Waals surface area contributed by atoms with Gasteiger partial charge >= 0.3 is 6.18 Å². The number of halogens is 4. The zero-order valence-corrected chi connectivity index (χ0v) is 17.8. The van der Waals surface area contributed by atoms with Crippen LogP contribution in [0.2, 0.25) is 5.02 Å². The number of alkyl halides is 3. The van der Waals surface area contributed by atoms with E-state index in [0.717, 1.165) is 26.6 Å². The van der Waals surface area contributed by atoms with E-state index in [1.54, 1.807) is 6.07 Å². The first kappa shape index (κ1) is 21.5. The van der Waals surface area contributed by atoms with E-state index >= 15 is 0 Å². The molecule has 0 aliphatic rings. The third kappa shape index (κ3) is 4.81. The van der Waals surface area contributed by atoms with Crippen LogP contribution in [0.5, 0.6) is 0 Å². The quantitative estimate of drug-likeness (QED) is 0.355. The van der Waals surface area contributed by atoms with Crippen LogP contribution in [0.3, 0.4) is 0 Å². The second-order valence-electron chi connectivity index (χ2n) is 7.07. The summed E-state index contributed by atoms with van der Waals surface area (Å²) in [6.45, 7) is 2.24. The Hall–Kier alpha value is -2.68. The van der Waals surface area contributed by atoms with Gasteiger partial charge in [-0.1, -0.05) is 35.4 Å². The molecule has 9 heteroatoms. The lowest BCUT2D eigenvalue weighted by Gasteiger charge is -2.12. The SMILES string of the molecule is Cc1ccc2sc(C(O)CNc3cc(-c4ccc(C(F)(F)F)c(Cl)c4)ncn3)cc2c1. The highest BCUT2D eigenvalue weighted by Crippen LogP contribution is 2.36. The molecule has 0 radical (unpaired) electrons. The summed E-state index contributed by atoms with van der Waals surface area (Å²) in [5, 5.41) is 14.3. The van der Waals surface area contributed by atoms with Gasteiger partial charge in [-0.3, -0.25) is 0 Å². The van der Waals surface area contributed by atoms with Gasteiger partial charge in [-0.2, -0.15) is 13.2 Å². The first-order chi connectivity index (χ1) is 14.7. The highest BCUT2D eigenvalue weighted by atomic mass is 35.5. The molecule has 0 saturated heterocycles. The summed E-state index contributed by atoms with van der Waals surface area (Å²) in [6.07, 6.45) is -3.95. The van der Waals surface area contributed by atoms with Gasteiger partial charge in [0, 0.05) is 27.8 Å². The van der Waals surface area contributed by atoms with Gasteiger partial charge in [-0.15, -0.1) is 11.3 Å². The van der Waals surface area contributed by atoms with Crippen molar-refractivity contribution in [3.63, 3.8) is 0 Å². The monoisotopic (exact) mass is 463 g/mol. The Balaban J connectivity index is 1.49. The van der Waals surface area contributed by atoms with Crippen molar-refractivity contribution in [2.75, 3.05) is 11.9 Å². The number of aromatic nitrogens is 2. The Morgan fingerprint density at radius 1 is 1.10 bits per heavy atom. The van der Waals surface area contributed by atoms with Crippen LogP contribution in [0.4, 0.5) is 19.0 Å². The Morgan fingerprint density at radius 2 is 1.90 bits per heavy atom. The summed E-state index contributed by atoms with van der Waals surface area (Å²) in [7, 11) is 0. The maximum absolute atomic E-state index is 12.9. The van der Waals surface area contributed by atoms with Crippen LogP contribution in [0.1, 0.15) is 22.1 Å². The second kappa shape index (κ2) is 8.45. The highest BCUT2D eigenvalue weighted by molar-refractivity contribution is 7.19. The van der Waals surface area contributed by atoms with Gasteiger partial charge in [-0.25, -0.2) is 9.97 Å². The number of nitrogens with zero attached hydrogens (tertiary/aromatic N) is 2. The molecule has 1 unspecified atom stereocenters. The summed E-state index contributed by atoms with van der Waals surface area (Å²) in [4.78, 5) is 9.07. The van der Waals surface area contributed by atoms with Crippen molar-refractivity contribution in [1.82, 2.24) is 9.97 Å². The molecule has 4 rings (SSSR count).